The van der Waals surface area contributed by atoms with E-state index in [-0.39, 0.29) is 40.5 Å². The molecule has 0 atom stereocenters. The van der Waals surface area contributed by atoms with Crippen molar-refractivity contribution in [3.63, 3.8) is 0 Å². The van der Waals surface area contributed by atoms with Crippen LogP contribution < -0.4 is 29.6 Å². The smallest absolute Gasteiger partial charge is 1.00 e. The molecule has 0 bridgehead atoms. The zero-order valence-corrected chi connectivity index (χ0v) is 14.3. The van der Waals surface area contributed by atoms with Crippen molar-refractivity contribution < 1.29 is 49.1 Å². The normalized spacial score (nSPS) is 9.50. The van der Waals surface area contributed by atoms with Gasteiger partial charge in [-0.05, 0) is 0 Å². The summed E-state index contributed by atoms with van der Waals surface area (Å²) in [6.07, 6.45) is 0. The molecular weight excluding hydrogens is 572 g/mol. The first-order valence-corrected chi connectivity index (χ1v) is 19.4. The van der Waals surface area contributed by atoms with Crippen molar-refractivity contribution in [1.29, 1.82) is 0 Å². The van der Waals surface area contributed by atoms with E-state index in [2.05, 4.69) is 52.1 Å². The Bertz CT molecular complexity index is 29.5. The largest absolute Gasteiger partial charge is 1.00 e. The molecule has 0 aliphatic rings. The van der Waals surface area contributed by atoms with Crippen LogP contribution in [0.3, 0.4) is 0 Å². The molecule has 4 N–H and O–H groups in total. The van der Waals surface area contributed by atoms with Crippen LogP contribution in [0.15, 0.2) is 0 Å². The van der Waals surface area contributed by atoms with Crippen LogP contribution in [0.25, 0.3) is 0 Å². The molecule has 0 fully saturated rings. The predicted molar refractivity (Wildman–Crippen MR) is 42.9 cm³/mol. The first-order chi connectivity index (χ1) is 2.00. The number of halogens is 4. The van der Waals surface area contributed by atoms with Gasteiger partial charge in [0.15, 0.2) is 0 Å². The molecule has 0 aromatic carbocycles. The second-order valence-electron chi connectivity index (χ2n) is 0.258. The van der Waals surface area contributed by atoms with E-state index in [4.69, 9.17) is 0 Å². The maximum atomic E-state index is 3.30. The van der Waals surface area contributed by atoms with Crippen LogP contribution in [-0.2, 0) is 8.59 Å². The van der Waals surface area contributed by atoms with E-state index in [0.717, 1.165) is 0 Å². The van der Waals surface area contributed by atoms with Gasteiger partial charge in [0.25, 0.3) is 0 Å². The quantitative estimate of drug-likeness (QED) is 0.324. The van der Waals surface area contributed by atoms with E-state index < -0.39 is 8.59 Å². The number of rotatable bonds is 0. The minimum atomic E-state index is -1.64. The van der Waals surface area contributed by atoms with Crippen molar-refractivity contribution in [2.45, 2.75) is 0 Å². The van der Waals surface area contributed by atoms with E-state index >= 15 is 0 Å². The average molecular weight is 576 g/mol. The van der Waals surface area contributed by atoms with Crippen molar-refractivity contribution >= 4 is 52.1 Å². The van der Waals surface area contributed by atoms with Gasteiger partial charge in [0.05, 0.1) is 0 Å². The topological polar surface area (TPSA) is 63.0 Å². The summed E-state index contributed by atoms with van der Waals surface area (Å²) in [4.78, 5) is 0. The van der Waals surface area contributed by atoms with Crippen LogP contribution in [0.5, 0.6) is 0 Å². The first kappa shape index (κ1) is 22.6. The summed E-state index contributed by atoms with van der Waals surface area (Å²) in [5.41, 5.74) is 0. The Kier molecular flexibility index (Phi) is 29.8. The Hall–Kier alpha value is 3.58. The maximum Gasteiger partial charge on any atom is 1.00 e. The van der Waals surface area contributed by atoms with Crippen molar-refractivity contribution in [2.75, 3.05) is 0 Å². The molecule has 0 aliphatic carbocycles. The summed E-state index contributed by atoms with van der Waals surface area (Å²) in [5.74, 6) is 0. The molecule has 0 saturated carbocycles. The molecule has 56 valence electrons. The van der Waals surface area contributed by atoms with Crippen molar-refractivity contribution in [1.82, 2.24) is 0 Å². The van der Waals surface area contributed by atoms with Gasteiger partial charge in [0.2, 0.25) is 0 Å². The summed E-state index contributed by atoms with van der Waals surface area (Å²) >= 11 is 13.2. The third-order valence-corrected chi connectivity index (χ3v) is 0. The van der Waals surface area contributed by atoms with Crippen molar-refractivity contribution in [3.8, 4) is 0 Å². The Morgan fingerprint density at radius 1 is 0.750 bits per heavy atom. The van der Waals surface area contributed by atoms with Crippen LogP contribution in [-0.4, -0.2) is 11.0 Å². The van der Waals surface area contributed by atoms with Crippen LogP contribution in [0.4, 0.5) is 0 Å². The standard InChI is InChI=1S/Au.4BrH.Na.2H2O/h;4*1H;;2*1H2/q+3;;;;;+1;;/p-4. The van der Waals surface area contributed by atoms with Crippen LogP contribution >= 0.6 is 52.1 Å². The van der Waals surface area contributed by atoms with Crippen LogP contribution in [0.2, 0.25) is 0 Å². The minimum absolute atomic E-state index is 0. The van der Waals surface area contributed by atoms with E-state index in [1.165, 1.54) is 0 Å². The second kappa shape index (κ2) is 10.6. The fourth-order valence-electron chi connectivity index (χ4n) is 0. The van der Waals surface area contributed by atoms with E-state index in [0.29, 0.717) is 0 Å². The molecule has 0 radical (unpaired) electrons. The van der Waals surface area contributed by atoms with E-state index in [9.17, 15) is 0 Å². The minimum Gasteiger partial charge on any atom is 1.00 e. The van der Waals surface area contributed by atoms with Gasteiger partial charge < -0.3 is 11.0 Å². The monoisotopic (exact) mass is 572 g/mol. The van der Waals surface area contributed by atoms with Gasteiger partial charge in [-0.25, -0.2) is 0 Å². The predicted octanol–water partition coefficient (Wildman–Crippen LogP) is -1.27. The molecule has 8 heteroatoms. The molecule has 8 heavy (non-hydrogen) atoms. The molecule has 0 heterocycles. The molecule has 0 spiro atoms. The molecular formula is H4AuBr4NaO2. The second-order valence-corrected chi connectivity index (χ2v) is 57.1. The zero-order chi connectivity index (χ0) is 4.50. The van der Waals surface area contributed by atoms with Crippen LogP contribution in [0, 0.1) is 0 Å². The summed E-state index contributed by atoms with van der Waals surface area (Å²) in [5, 5.41) is 0. The molecule has 0 aliphatic heterocycles. The van der Waals surface area contributed by atoms with Crippen LogP contribution in [0.1, 0.15) is 0 Å². The maximum absolute atomic E-state index is 3.30. The number of hydrogen-bond donors (Lipinski definition) is 0. The summed E-state index contributed by atoms with van der Waals surface area (Å²) in [6.45, 7) is 0. The fraction of sp³-hybridized carbons (Fsp3) is 0. The van der Waals surface area contributed by atoms with Gasteiger partial charge in [-0.1, -0.05) is 0 Å². The van der Waals surface area contributed by atoms with Crippen molar-refractivity contribution in [3.05, 3.63) is 0 Å². The average Bonchev–Trinajstić information content (AvgIpc) is 0.722. The van der Waals surface area contributed by atoms with E-state index in [1.54, 1.807) is 0 Å². The molecule has 0 amide bonds. The van der Waals surface area contributed by atoms with Gasteiger partial charge in [-0.3, -0.25) is 0 Å². The number of hydrogen-bond acceptors (Lipinski definition) is 0. The van der Waals surface area contributed by atoms with Crippen molar-refractivity contribution in [2.24, 2.45) is 0 Å². The SMILES string of the molecule is O.O.[Br][Au-]([Br])([Br])[Br].[Na+]. The zero-order valence-electron chi connectivity index (χ0n) is 3.81. The van der Waals surface area contributed by atoms with Gasteiger partial charge in [0, 0.05) is 0 Å². The van der Waals surface area contributed by atoms with Gasteiger partial charge in [-0.15, -0.1) is 0 Å². The summed E-state index contributed by atoms with van der Waals surface area (Å²) in [7, 11) is -1.64. The first-order valence-electron chi connectivity index (χ1n) is 0.456. The molecule has 0 aromatic heterocycles. The fourth-order valence-corrected chi connectivity index (χ4v) is 0. The Balaban J connectivity index is -0.0000000267. The third-order valence-electron chi connectivity index (χ3n) is 0. The molecule has 0 unspecified atom stereocenters. The van der Waals surface area contributed by atoms with Gasteiger partial charge >= 0.3 is 90.2 Å². The Morgan fingerprint density at radius 2 is 0.750 bits per heavy atom. The summed E-state index contributed by atoms with van der Waals surface area (Å²) in [6, 6.07) is 0. The summed E-state index contributed by atoms with van der Waals surface area (Å²) < 4.78 is 0. The van der Waals surface area contributed by atoms with Gasteiger partial charge in [0.1, 0.15) is 0 Å². The Morgan fingerprint density at radius 3 is 0.750 bits per heavy atom. The third kappa shape index (κ3) is 55.0. The molecule has 2 nitrogen and oxygen atoms in total. The molecule has 0 rings (SSSR count). The molecule has 0 aromatic rings. The Labute approximate surface area is 98.8 Å². The van der Waals surface area contributed by atoms with Gasteiger partial charge in [-0.2, -0.15) is 0 Å². The van der Waals surface area contributed by atoms with E-state index in [1.807, 2.05) is 0 Å². The molecule has 0 saturated heterocycles.